The van der Waals surface area contributed by atoms with E-state index < -0.39 is 41.5 Å². The molecule has 3 rings (SSSR count). The van der Waals surface area contributed by atoms with Crippen molar-refractivity contribution in [3.8, 4) is 10.4 Å². The van der Waals surface area contributed by atoms with Gasteiger partial charge in [0.05, 0.1) is 22.2 Å². The Bertz CT molecular complexity index is 1160. The molecule has 1 aromatic carbocycles. The SMILES string of the molecule is Cc1ncsc1-c1ccc(CNC(=O)[C@@H]2C[C@@H](O)CN2C(=O)C(NC(=O)CCNC(=O)O)C(C)(C)C)cc1. The third-order valence-electron chi connectivity index (χ3n) is 6.34. The zero-order valence-electron chi connectivity index (χ0n) is 22.0. The maximum Gasteiger partial charge on any atom is 0.404 e. The van der Waals surface area contributed by atoms with E-state index in [1.807, 2.05) is 31.2 Å². The van der Waals surface area contributed by atoms with Crippen molar-refractivity contribution in [1.82, 2.24) is 25.8 Å². The fraction of sp³-hybridized carbons (Fsp3) is 0.500. The summed E-state index contributed by atoms with van der Waals surface area (Å²) < 4.78 is 0. The van der Waals surface area contributed by atoms with Gasteiger partial charge in [0.1, 0.15) is 12.1 Å². The number of amides is 4. The topological polar surface area (TPSA) is 161 Å². The van der Waals surface area contributed by atoms with Gasteiger partial charge in [-0.2, -0.15) is 0 Å². The monoisotopic (exact) mass is 545 g/mol. The van der Waals surface area contributed by atoms with Gasteiger partial charge in [-0.1, -0.05) is 45.0 Å². The lowest BCUT2D eigenvalue weighted by atomic mass is 9.85. The van der Waals surface area contributed by atoms with Gasteiger partial charge in [-0.05, 0) is 23.5 Å². The van der Waals surface area contributed by atoms with Crippen LogP contribution in [0.5, 0.6) is 0 Å². The van der Waals surface area contributed by atoms with Gasteiger partial charge in [-0.3, -0.25) is 14.4 Å². The molecule has 0 bridgehead atoms. The molecule has 0 spiro atoms. The van der Waals surface area contributed by atoms with Gasteiger partial charge < -0.3 is 31.1 Å². The largest absolute Gasteiger partial charge is 0.465 e. The van der Waals surface area contributed by atoms with E-state index in [9.17, 15) is 24.3 Å². The highest BCUT2D eigenvalue weighted by Gasteiger charge is 2.44. The first kappa shape index (κ1) is 29.1. The van der Waals surface area contributed by atoms with Gasteiger partial charge >= 0.3 is 6.09 Å². The summed E-state index contributed by atoms with van der Waals surface area (Å²) in [5, 5.41) is 26.6. The molecule has 2 aromatic rings. The Kier molecular flexibility index (Phi) is 9.45. The number of carboxylic acid groups (broad SMARTS) is 1. The van der Waals surface area contributed by atoms with Crippen LogP contribution in [0, 0.1) is 12.3 Å². The number of likely N-dealkylation sites (tertiary alicyclic amines) is 1. The molecule has 2 heterocycles. The number of β-amino-alcohol motifs (C(OH)–C–C–N with tert-alkyl or cyclic N) is 1. The first-order valence-electron chi connectivity index (χ1n) is 12.4. The number of aryl methyl sites for hydroxylation is 1. The number of nitrogens with one attached hydrogen (secondary N) is 3. The molecule has 1 unspecified atom stereocenters. The van der Waals surface area contributed by atoms with Crippen molar-refractivity contribution < 1.29 is 29.4 Å². The van der Waals surface area contributed by atoms with E-state index in [1.165, 1.54) is 4.90 Å². The minimum absolute atomic E-state index is 0.0250. The van der Waals surface area contributed by atoms with E-state index in [2.05, 4.69) is 20.9 Å². The number of hydrogen-bond donors (Lipinski definition) is 5. The quantitative estimate of drug-likeness (QED) is 0.321. The van der Waals surface area contributed by atoms with Crippen LogP contribution in [0.15, 0.2) is 29.8 Å². The van der Waals surface area contributed by atoms with E-state index in [4.69, 9.17) is 5.11 Å². The van der Waals surface area contributed by atoms with Gasteiger partial charge in [0.25, 0.3) is 0 Å². The lowest BCUT2D eigenvalue weighted by molar-refractivity contribution is -0.144. The number of benzene rings is 1. The predicted molar refractivity (Wildman–Crippen MR) is 142 cm³/mol. The molecule has 5 N–H and O–H groups in total. The van der Waals surface area contributed by atoms with Crippen LogP contribution >= 0.6 is 11.3 Å². The molecule has 1 aromatic heterocycles. The van der Waals surface area contributed by atoms with E-state index in [-0.39, 0.29) is 38.4 Å². The Morgan fingerprint density at radius 2 is 1.84 bits per heavy atom. The lowest BCUT2D eigenvalue weighted by Crippen LogP contribution is -2.57. The number of hydrogen-bond acceptors (Lipinski definition) is 7. The third kappa shape index (κ3) is 7.51. The molecule has 1 aliphatic rings. The van der Waals surface area contributed by atoms with Crippen LogP contribution in [0.25, 0.3) is 10.4 Å². The van der Waals surface area contributed by atoms with Crippen LogP contribution in [0.1, 0.15) is 44.9 Å². The highest BCUT2D eigenvalue weighted by molar-refractivity contribution is 7.13. The number of aliphatic hydroxyl groups excluding tert-OH is 1. The fourth-order valence-corrected chi connectivity index (χ4v) is 5.11. The molecule has 11 nitrogen and oxygen atoms in total. The van der Waals surface area contributed by atoms with Crippen LogP contribution in [0.3, 0.4) is 0 Å². The van der Waals surface area contributed by atoms with Crippen LogP contribution in [0.2, 0.25) is 0 Å². The Labute approximate surface area is 225 Å². The number of carbonyl (C=O) groups excluding carboxylic acids is 3. The number of carbonyl (C=O) groups is 4. The summed E-state index contributed by atoms with van der Waals surface area (Å²) in [5.41, 5.74) is 4.00. The summed E-state index contributed by atoms with van der Waals surface area (Å²) in [7, 11) is 0. The van der Waals surface area contributed by atoms with Crippen LogP contribution in [0.4, 0.5) is 4.79 Å². The van der Waals surface area contributed by atoms with Gasteiger partial charge in [-0.25, -0.2) is 9.78 Å². The number of rotatable bonds is 9. The van der Waals surface area contributed by atoms with E-state index in [0.29, 0.717) is 0 Å². The second-order valence-corrected chi connectivity index (χ2v) is 11.3. The second kappa shape index (κ2) is 12.4. The Balaban J connectivity index is 1.64. The molecule has 3 atom stereocenters. The van der Waals surface area contributed by atoms with Crippen molar-refractivity contribution in [2.75, 3.05) is 13.1 Å². The zero-order chi connectivity index (χ0) is 28.0. The summed E-state index contributed by atoms with van der Waals surface area (Å²) in [4.78, 5) is 56.4. The summed E-state index contributed by atoms with van der Waals surface area (Å²) in [6.45, 7) is 7.44. The molecular formula is C26H35N5O6S. The second-order valence-electron chi connectivity index (χ2n) is 10.4. The molecule has 1 aliphatic heterocycles. The number of aliphatic hydroxyl groups is 1. The molecule has 206 valence electrons. The van der Waals surface area contributed by atoms with E-state index >= 15 is 0 Å². The number of nitrogens with zero attached hydrogens (tertiary/aromatic N) is 2. The maximum atomic E-state index is 13.5. The Hall–Kier alpha value is -3.51. The maximum absolute atomic E-state index is 13.5. The van der Waals surface area contributed by atoms with Crippen molar-refractivity contribution in [2.45, 2.75) is 65.3 Å². The number of thiazole rings is 1. The van der Waals surface area contributed by atoms with E-state index in [0.717, 1.165) is 21.7 Å². The molecule has 1 saturated heterocycles. The highest BCUT2D eigenvalue weighted by atomic mass is 32.1. The molecule has 0 saturated carbocycles. The van der Waals surface area contributed by atoms with Crippen molar-refractivity contribution in [1.29, 1.82) is 0 Å². The fourth-order valence-electron chi connectivity index (χ4n) is 4.30. The molecule has 12 heteroatoms. The number of aromatic nitrogens is 1. The van der Waals surface area contributed by atoms with Gasteiger partial charge in [0, 0.05) is 32.5 Å². The molecule has 0 aliphatic carbocycles. The molecular weight excluding hydrogens is 510 g/mol. The van der Waals surface area contributed by atoms with Gasteiger partial charge in [-0.15, -0.1) is 11.3 Å². The van der Waals surface area contributed by atoms with Crippen LogP contribution in [-0.4, -0.2) is 75.2 Å². The van der Waals surface area contributed by atoms with Crippen molar-refractivity contribution in [2.24, 2.45) is 5.41 Å². The summed E-state index contributed by atoms with van der Waals surface area (Å²) in [6, 6.07) is 5.94. The van der Waals surface area contributed by atoms with Crippen molar-refractivity contribution in [3.63, 3.8) is 0 Å². The van der Waals surface area contributed by atoms with Crippen molar-refractivity contribution >= 4 is 35.2 Å². The summed E-state index contributed by atoms with van der Waals surface area (Å²) in [6.07, 6.45) is -2.16. The van der Waals surface area contributed by atoms with E-state index in [1.54, 1.807) is 37.6 Å². The zero-order valence-corrected chi connectivity index (χ0v) is 22.8. The predicted octanol–water partition coefficient (Wildman–Crippen LogP) is 1.89. The Morgan fingerprint density at radius 1 is 1.16 bits per heavy atom. The first-order valence-corrected chi connectivity index (χ1v) is 13.3. The van der Waals surface area contributed by atoms with Crippen molar-refractivity contribution in [3.05, 3.63) is 41.0 Å². The molecule has 1 fully saturated rings. The van der Waals surface area contributed by atoms with Gasteiger partial charge in [0.15, 0.2) is 0 Å². The molecule has 38 heavy (non-hydrogen) atoms. The normalized spacial score (nSPS) is 18.1. The highest BCUT2D eigenvalue weighted by Crippen LogP contribution is 2.28. The smallest absolute Gasteiger partial charge is 0.404 e. The third-order valence-corrected chi connectivity index (χ3v) is 7.32. The standard InChI is InChI=1S/C26H35N5O6S/c1-15-21(38-14-29-15)17-7-5-16(6-8-17)12-28-23(34)19-11-18(32)13-31(19)24(35)22(26(2,3)4)30-20(33)9-10-27-25(36)37/h5-8,14,18-19,22,27,32H,9-13H2,1-4H3,(H,28,34)(H,30,33)(H,36,37)/t18-,19+,22?/m1/s1. The van der Waals surface area contributed by atoms with Crippen LogP contribution in [-0.2, 0) is 20.9 Å². The molecule has 0 radical (unpaired) electrons. The summed E-state index contributed by atoms with van der Waals surface area (Å²) >= 11 is 1.56. The Morgan fingerprint density at radius 3 is 2.42 bits per heavy atom. The lowest BCUT2D eigenvalue weighted by Gasteiger charge is -2.35. The first-order chi connectivity index (χ1) is 17.9. The minimum atomic E-state index is -1.24. The summed E-state index contributed by atoms with van der Waals surface area (Å²) in [5.74, 6) is -1.36. The van der Waals surface area contributed by atoms with Gasteiger partial charge in [0.2, 0.25) is 17.7 Å². The minimum Gasteiger partial charge on any atom is -0.465 e. The van der Waals surface area contributed by atoms with Crippen LogP contribution < -0.4 is 16.0 Å². The average molecular weight is 546 g/mol. The molecule has 4 amide bonds. The average Bonchev–Trinajstić information content (AvgIpc) is 3.45.